The molecule has 0 aromatic carbocycles. The normalized spacial score (nSPS) is 12.4. The molecule has 0 bridgehead atoms. The fourth-order valence-corrected chi connectivity index (χ4v) is 1.48. The zero-order valence-electron chi connectivity index (χ0n) is 9.12. The molecule has 0 fully saturated rings. The summed E-state index contributed by atoms with van der Waals surface area (Å²) in [6.45, 7) is 6.00. The van der Waals surface area contributed by atoms with Gasteiger partial charge in [0.15, 0.2) is 0 Å². The Labute approximate surface area is 85.4 Å². The van der Waals surface area contributed by atoms with Gasteiger partial charge in [0, 0.05) is 6.20 Å². The van der Waals surface area contributed by atoms with Gasteiger partial charge in [-0.1, -0.05) is 13.3 Å². The highest BCUT2D eigenvalue weighted by Crippen LogP contribution is 2.11. The molecule has 3 nitrogen and oxygen atoms in total. The standard InChI is InChI=1S/C11H17N3/c1-4-5-6-11-8-14(9(2)7-12)10(3)13-11/h8-9H,4-6H2,1-3H3. The van der Waals surface area contributed by atoms with E-state index in [2.05, 4.69) is 18.0 Å². The first-order valence-corrected chi connectivity index (χ1v) is 5.13. The average molecular weight is 191 g/mol. The summed E-state index contributed by atoms with van der Waals surface area (Å²) in [5.74, 6) is 0.935. The molecule has 76 valence electrons. The molecule has 0 saturated heterocycles. The van der Waals surface area contributed by atoms with E-state index in [-0.39, 0.29) is 6.04 Å². The molecule has 14 heavy (non-hydrogen) atoms. The van der Waals surface area contributed by atoms with E-state index < -0.39 is 0 Å². The highest BCUT2D eigenvalue weighted by Gasteiger charge is 2.08. The van der Waals surface area contributed by atoms with Crippen LogP contribution in [0, 0.1) is 18.3 Å². The second kappa shape index (κ2) is 4.80. The van der Waals surface area contributed by atoms with E-state index >= 15 is 0 Å². The molecular formula is C11H17N3. The fraction of sp³-hybridized carbons (Fsp3) is 0.636. The molecule has 0 aliphatic rings. The number of imidazole rings is 1. The van der Waals surface area contributed by atoms with Crippen LogP contribution in [0.1, 0.15) is 44.2 Å². The van der Waals surface area contributed by atoms with Crippen molar-refractivity contribution >= 4 is 0 Å². The van der Waals surface area contributed by atoms with E-state index in [1.807, 2.05) is 24.6 Å². The second-order valence-corrected chi connectivity index (χ2v) is 3.60. The minimum absolute atomic E-state index is 0.113. The maximum Gasteiger partial charge on any atom is 0.119 e. The van der Waals surface area contributed by atoms with Gasteiger partial charge in [0.2, 0.25) is 0 Å². The molecule has 1 unspecified atom stereocenters. The summed E-state index contributed by atoms with van der Waals surface area (Å²) in [7, 11) is 0. The number of rotatable bonds is 4. The van der Waals surface area contributed by atoms with Crippen LogP contribution in [0.4, 0.5) is 0 Å². The molecule has 1 aromatic heterocycles. The molecule has 0 aliphatic carbocycles. The number of unbranched alkanes of at least 4 members (excludes halogenated alkanes) is 1. The third kappa shape index (κ3) is 2.35. The molecule has 0 saturated carbocycles. The van der Waals surface area contributed by atoms with Crippen molar-refractivity contribution in [1.29, 1.82) is 5.26 Å². The number of aryl methyl sites for hydroxylation is 2. The number of hydrogen-bond donors (Lipinski definition) is 0. The topological polar surface area (TPSA) is 41.6 Å². The third-order valence-electron chi connectivity index (χ3n) is 2.36. The molecule has 1 rings (SSSR count). The summed E-state index contributed by atoms with van der Waals surface area (Å²) >= 11 is 0. The Morgan fingerprint density at radius 2 is 2.36 bits per heavy atom. The highest BCUT2D eigenvalue weighted by molar-refractivity contribution is 5.07. The Morgan fingerprint density at radius 1 is 1.64 bits per heavy atom. The second-order valence-electron chi connectivity index (χ2n) is 3.60. The maximum atomic E-state index is 8.80. The van der Waals surface area contributed by atoms with Gasteiger partial charge in [-0.15, -0.1) is 0 Å². The molecule has 1 aromatic rings. The summed E-state index contributed by atoms with van der Waals surface area (Å²) in [6, 6.07) is 2.10. The van der Waals surface area contributed by atoms with Crippen LogP contribution in [0.25, 0.3) is 0 Å². The lowest BCUT2D eigenvalue weighted by Gasteiger charge is -2.04. The van der Waals surface area contributed by atoms with Crippen molar-refractivity contribution in [3.8, 4) is 6.07 Å². The molecular weight excluding hydrogens is 174 g/mol. The number of nitriles is 1. The molecule has 0 spiro atoms. The van der Waals surface area contributed by atoms with Crippen molar-refractivity contribution in [3.63, 3.8) is 0 Å². The van der Waals surface area contributed by atoms with Crippen LogP contribution in [0.5, 0.6) is 0 Å². The van der Waals surface area contributed by atoms with Gasteiger partial charge < -0.3 is 4.57 Å². The van der Waals surface area contributed by atoms with Crippen LogP contribution < -0.4 is 0 Å². The van der Waals surface area contributed by atoms with Crippen LogP contribution in [0.15, 0.2) is 6.20 Å². The SMILES string of the molecule is CCCCc1cn(C(C)C#N)c(C)n1. The molecule has 0 amide bonds. The maximum absolute atomic E-state index is 8.80. The summed E-state index contributed by atoms with van der Waals surface area (Å²) in [5.41, 5.74) is 1.10. The predicted octanol–water partition coefficient (Wildman–Crippen LogP) is 2.62. The molecule has 1 heterocycles. The van der Waals surface area contributed by atoms with Gasteiger partial charge in [0.1, 0.15) is 11.9 Å². The molecule has 1 atom stereocenters. The lowest BCUT2D eigenvalue weighted by molar-refractivity contribution is 0.649. The van der Waals surface area contributed by atoms with Crippen molar-refractivity contribution in [3.05, 3.63) is 17.7 Å². The van der Waals surface area contributed by atoms with E-state index in [0.29, 0.717) is 0 Å². The summed E-state index contributed by atoms with van der Waals surface area (Å²) < 4.78 is 1.94. The molecule has 0 aliphatic heterocycles. The van der Waals surface area contributed by atoms with Crippen molar-refractivity contribution in [2.75, 3.05) is 0 Å². The molecule has 0 radical (unpaired) electrons. The van der Waals surface area contributed by atoms with Gasteiger partial charge in [-0.05, 0) is 26.7 Å². The van der Waals surface area contributed by atoms with Gasteiger partial charge in [-0.3, -0.25) is 0 Å². The smallest absolute Gasteiger partial charge is 0.119 e. The Kier molecular flexibility index (Phi) is 3.70. The van der Waals surface area contributed by atoms with Crippen molar-refractivity contribution < 1.29 is 0 Å². The van der Waals surface area contributed by atoms with E-state index in [1.54, 1.807) is 0 Å². The summed E-state index contributed by atoms with van der Waals surface area (Å²) in [5, 5.41) is 8.80. The average Bonchev–Trinajstić information content (AvgIpc) is 2.55. The molecule has 3 heteroatoms. The van der Waals surface area contributed by atoms with Crippen LogP contribution in [0.3, 0.4) is 0 Å². The monoisotopic (exact) mass is 191 g/mol. The van der Waals surface area contributed by atoms with E-state index in [9.17, 15) is 0 Å². The van der Waals surface area contributed by atoms with Gasteiger partial charge in [0.25, 0.3) is 0 Å². The number of aromatic nitrogens is 2. The predicted molar refractivity (Wildman–Crippen MR) is 55.9 cm³/mol. The Balaban J connectivity index is 2.78. The lowest BCUT2D eigenvalue weighted by atomic mass is 10.2. The van der Waals surface area contributed by atoms with Crippen LogP contribution in [-0.2, 0) is 6.42 Å². The Morgan fingerprint density at radius 3 is 2.93 bits per heavy atom. The zero-order chi connectivity index (χ0) is 10.6. The lowest BCUT2D eigenvalue weighted by Crippen LogP contribution is -2.02. The van der Waals surface area contributed by atoms with Gasteiger partial charge >= 0.3 is 0 Å². The first kappa shape index (κ1) is 10.8. The summed E-state index contributed by atoms with van der Waals surface area (Å²) in [4.78, 5) is 4.43. The van der Waals surface area contributed by atoms with E-state index in [1.165, 1.54) is 6.42 Å². The summed E-state index contributed by atoms with van der Waals surface area (Å²) in [6.07, 6.45) is 5.36. The van der Waals surface area contributed by atoms with Gasteiger partial charge in [-0.2, -0.15) is 5.26 Å². The number of nitrogens with zero attached hydrogens (tertiary/aromatic N) is 3. The van der Waals surface area contributed by atoms with Crippen molar-refractivity contribution in [1.82, 2.24) is 9.55 Å². The number of hydrogen-bond acceptors (Lipinski definition) is 2. The molecule has 0 N–H and O–H groups in total. The van der Waals surface area contributed by atoms with Crippen molar-refractivity contribution in [2.45, 2.75) is 46.1 Å². The van der Waals surface area contributed by atoms with Crippen LogP contribution in [-0.4, -0.2) is 9.55 Å². The largest absolute Gasteiger partial charge is 0.319 e. The minimum Gasteiger partial charge on any atom is -0.319 e. The highest BCUT2D eigenvalue weighted by atomic mass is 15.1. The third-order valence-corrected chi connectivity index (χ3v) is 2.36. The van der Waals surface area contributed by atoms with Gasteiger partial charge in [-0.25, -0.2) is 4.98 Å². The zero-order valence-corrected chi connectivity index (χ0v) is 9.12. The fourth-order valence-electron chi connectivity index (χ4n) is 1.48. The Hall–Kier alpha value is -1.30. The van der Waals surface area contributed by atoms with Gasteiger partial charge in [0.05, 0.1) is 11.8 Å². The van der Waals surface area contributed by atoms with Crippen LogP contribution in [0.2, 0.25) is 0 Å². The Bertz CT molecular complexity index is 333. The quantitative estimate of drug-likeness (QED) is 0.734. The van der Waals surface area contributed by atoms with E-state index in [4.69, 9.17) is 5.26 Å². The van der Waals surface area contributed by atoms with Crippen molar-refractivity contribution in [2.24, 2.45) is 0 Å². The first-order chi connectivity index (χ1) is 6.69. The first-order valence-electron chi connectivity index (χ1n) is 5.13. The minimum atomic E-state index is -0.113. The van der Waals surface area contributed by atoms with E-state index in [0.717, 1.165) is 24.4 Å². The van der Waals surface area contributed by atoms with Crippen LogP contribution >= 0.6 is 0 Å².